The fraction of sp³-hybridized carbons (Fsp3) is 0. The Morgan fingerprint density at radius 1 is 0.258 bits per heavy atom. The predicted molar refractivity (Wildman–Crippen MR) is 278 cm³/mol. The number of hydrogen-bond donors (Lipinski definition) is 0. The van der Waals surface area contributed by atoms with Crippen molar-refractivity contribution in [1.29, 1.82) is 0 Å². The molecule has 13 rings (SSSR count). The third-order valence-electron chi connectivity index (χ3n) is 13.3. The summed E-state index contributed by atoms with van der Waals surface area (Å²) in [4.78, 5) is 2.35. The van der Waals surface area contributed by atoms with Crippen molar-refractivity contribution in [2.24, 2.45) is 0 Å². The van der Waals surface area contributed by atoms with Gasteiger partial charge in [-0.15, -0.1) is 0 Å². The molecule has 0 fully saturated rings. The van der Waals surface area contributed by atoms with Crippen LogP contribution in [0.5, 0.6) is 0 Å². The molecule has 66 heavy (non-hydrogen) atoms. The van der Waals surface area contributed by atoms with E-state index in [-0.39, 0.29) is 0 Å². The minimum absolute atomic E-state index is 1.08. The monoisotopic (exact) mass is 842 g/mol. The molecule has 10 aromatic carbocycles. The van der Waals surface area contributed by atoms with E-state index in [1.807, 2.05) is 0 Å². The standard InChI is InChI=1S/C62H42N4/c1-5-15-43(16-6-1)45-25-29-49(30-26-45)64(50-31-27-46(28-32-50)44-17-7-2-8-18-44)51-33-35-52(36-34-51)65-59-24-14-13-23-53(59)56-41-57-54-37-38-58-55(39-40-63(58)47-19-9-3-10-20-47)62(54)66(61(57)42-60(56)65)48-21-11-4-12-22-48/h1-42H. The zero-order valence-corrected chi connectivity index (χ0v) is 36.0. The molecule has 4 nitrogen and oxygen atoms in total. The molecule has 0 aliphatic heterocycles. The molecule has 0 atom stereocenters. The molecule has 0 N–H and O–H groups in total. The quantitative estimate of drug-likeness (QED) is 0.149. The highest BCUT2D eigenvalue weighted by Crippen LogP contribution is 2.43. The van der Waals surface area contributed by atoms with Crippen molar-refractivity contribution in [2.75, 3.05) is 4.90 Å². The van der Waals surface area contributed by atoms with E-state index in [2.05, 4.69) is 274 Å². The van der Waals surface area contributed by atoms with Crippen molar-refractivity contribution in [3.63, 3.8) is 0 Å². The Kier molecular flexibility index (Phi) is 8.81. The fourth-order valence-corrected chi connectivity index (χ4v) is 10.2. The van der Waals surface area contributed by atoms with Gasteiger partial charge in [0.25, 0.3) is 0 Å². The lowest BCUT2D eigenvalue weighted by molar-refractivity contribution is 1.13. The van der Waals surface area contributed by atoms with Crippen molar-refractivity contribution >= 4 is 71.6 Å². The molecule has 0 amide bonds. The minimum Gasteiger partial charge on any atom is -0.316 e. The van der Waals surface area contributed by atoms with Crippen molar-refractivity contribution in [3.8, 4) is 39.3 Å². The van der Waals surface area contributed by atoms with E-state index in [0.29, 0.717) is 0 Å². The first-order chi connectivity index (χ1) is 32.7. The van der Waals surface area contributed by atoms with E-state index < -0.39 is 0 Å². The third kappa shape index (κ3) is 6.15. The SMILES string of the molecule is c1ccc(-c2ccc(N(c3ccc(-c4ccccc4)cc3)c3ccc(-n4c5ccccc5c5cc6c7ccc8c(ccn8-c8ccccc8)c7n(-c7ccccc7)c6cc54)cc3)cc2)cc1. The summed E-state index contributed by atoms with van der Waals surface area (Å²) in [5, 5.41) is 6.16. The lowest BCUT2D eigenvalue weighted by Crippen LogP contribution is -2.10. The van der Waals surface area contributed by atoms with Crippen molar-refractivity contribution in [2.45, 2.75) is 0 Å². The number of para-hydroxylation sites is 3. The van der Waals surface area contributed by atoms with Crippen molar-refractivity contribution < 1.29 is 0 Å². The highest BCUT2D eigenvalue weighted by Gasteiger charge is 2.22. The highest BCUT2D eigenvalue weighted by atomic mass is 15.1. The average Bonchev–Trinajstić information content (AvgIpc) is 4.08. The Morgan fingerprint density at radius 2 is 0.727 bits per heavy atom. The molecular formula is C62H42N4. The number of aromatic nitrogens is 3. The number of fused-ring (bicyclic) bond motifs is 8. The van der Waals surface area contributed by atoms with Crippen molar-refractivity contribution in [1.82, 2.24) is 13.7 Å². The lowest BCUT2D eigenvalue weighted by atomic mass is 10.0. The van der Waals surface area contributed by atoms with Gasteiger partial charge in [0.15, 0.2) is 0 Å². The maximum absolute atomic E-state index is 2.47. The summed E-state index contributed by atoms with van der Waals surface area (Å²) in [6.45, 7) is 0. The molecule has 3 heterocycles. The molecule has 3 aromatic heterocycles. The predicted octanol–water partition coefficient (Wildman–Crippen LogP) is 16.6. The van der Waals surface area contributed by atoms with E-state index in [9.17, 15) is 0 Å². The smallest absolute Gasteiger partial charge is 0.0635 e. The van der Waals surface area contributed by atoms with Gasteiger partial charge in [0.05, 0.1) is 27.6 Å². The minimum atomic E-state index is 1.08. The summed E-state index contributed by atoms with van der Waals surface area (Å²) in [6.07, 6.45) is 2.20. The number of benzene rings is 10. The summed E-state index contributed by atoms with van der Waals surface area (Å²) in [7, 11) is 0. The first-order valence-electron chi connectivity index (χ1n) is 22.6. The number of nitrogens with zero attached hydrogens (tertiary/aromatic N) is 4. The maximum Gasteiger partial charge on any atom is 0.0635 e. The Bertz CT molecular complexity index is 3780. The first-order valence-corrected chi connectivity index (χ1v) is 22.6. The third-order valence-corrected chi connectivity index (χ3v) is 13.3. The van der Waals surface area contributed by atoms with Gasteiger partial charge in [-0.1, -0.05) is 146 Å². The molecule has 0 unspecified atom stereocenters. The fourth-order valence-electron chi connectivity index (χ4n) is 10.2. The van der Waals surface area contributed by atoms with Crippen LogP contribution in [0.4, 0.5) is 17.1 Å². The van der Waals surface area contributed by atoms with Gasteiger partial charge in [0.1, 0.15) is 0 Å². The van der Waals surface area contributed by atoms with Crippen LogP contribution in [0.1, 0.15) is 0 Å². The Balaban J connectivity index is 0.979. The second-order valence-electron chi connectivity index (χ2n) is 17.0. The first kappa shape index (κ1) is 37.7. The van der Waals surface area contributed by atoms with Gasteiger partial charge >= 0.3 is 0 Å². The number of hydrogen-bond acceptors (Lipinski definition) is 1. The van der Waals surface area contributed by atoms with Gasteiger partial charge in [-0.25, -0.2) is 0 Å². The van der Waals surface area contributed by atoms with Gasteiger partial charge in [0, 0.05) is 67.3 Å². The van der Waals surface area contributed by atoms with E-state index in [0.717, 1.165) is 34.1 Å². The summed E-state index contributed by atoms with van der Waals surface area (Å²) < 4.78 is 7.21. The van der Waals surface area contributed by atoms with Crippen LogP contribution in [0.3, 0.4) is 0 Å². The van der Waals surface area contributed by atoms with Gasteiger partial charge in [-0.05, 0) is 125 Å². The van der Waals surface area contributed by atoms with Gasteiger partial charge < -0.3 is 18.6 Å². The van der Waals surface area contributed by atoms with Crippen molar-refractivity contribution in [3.05, 3.63) is 255 Å². The summed E-state index contributed by atoms with van der Waals surface area (Å²) in [5.41, 5.74) is 17.4. The molecule has 0 aliphatic rings. The summed E-state index contributed by atoms with van der Waals surface area (Å²) >= 11 is 0. The zero-order chi connectivity index (χ0) is 43.6. The number of rotatable bonds is 8. The molecular weight excluding hydrogens is 801 g/mol. The van der Waals surface area contributed by atoms with Crippen LogP contribution in [-0.2, 0) is 0 Å². The normalized spacial score (nSPS) is 11.6. The largest absolute Gasteiger partial charge is 0.316 e. The van der Waals surface area contributed by atoms with Crippen LogP contribution in [0.25, 0.3) is 93.8 Å². The Labute approximate surface area is 382 Å². The van der Waals surface area contributed by atoms with Gasteiger partial charge in [0.2, 0.25) is 0 Å². The van der Waals surface area contributed by atoms with Crippen LogP contribution in [0, 0.1) is 0 Å². The highest BCUT2D eigenvalue weighted by molar-refractivity contribution is 6.23. The van der Waals surface area contributed by atoms with Crippen LogP contribution >= 0.6 is 0 Å². The van der Waals surface area contributed by atoms with Gasteiger partial charge in [-0.2, -0.15) is 0 Å². The Hall–Kier alpha value is -8.86. The Morgan fingerprint density at radius 3 is 1.33 bits per heavy atom. The average molecular weight is 843 g/mol. The molecule has 0 radical (unpaired) electrons. The molecule has 0 bridgehead atoms. The maximum atomic E-state index is 2.47. The molecule has 13 aromatic rings. The summed E-state index contributed by atoms with van der Waals surface area (Å²) in [6, 6.07) is 90.1. The van der Waals surface area contributed by atoms with Crippen LogP contribution in [-0.4, -0.2) is 13.7 Å². The van der Waals surface area contributed by atoms with Gasteiger partial charge in [-0.3, -0.25) is 0 Å². The zero-order valence-electron chi connectivity index (χ0n) is 36.0. The molecule has 0 saturated carbocycles. The molecule has 0 aliphatic carbocycles. The molecule has 0 saturated heterocycles. The van der Waals surface area contributed by atoms with E-state index in [4.69, 9.17) is 0 Å². The van der Waals surface area contributed by atoms with Crippen LogP contribution < -0.4 is 4.90 Å². The number of anilines is 3. The van der Waals surface area contributed by atoms with E-state index in [1.54, 1.807) is 0 Å². The molecule has 0 spiro atoms. The van der Waals surface area contributed by atoms with Crippen LogP contribution in [0.2, 0.25) is 0 Å². The second-order valence-corrected chi connectivity index (χ2v) is 17.0. The summed E-state index contributed by atoms with van der Waals surface area (Å²) in [5.74, 6) is 0. The van der Waals surface area contributed by atoms with E-state index in [1.165, 1.54) is 76.8 Å². The molecule has 4 heteroatoms. The molecule has 310 valence electrons. The lowest BCUT2D eigenvalue weighted by Gasteiger charge is -2.26. The van der Waals surface area contributed by atoms with Crippen LogP contribution in [0.15, 0.2) is 255 Å². The second kappa shape index (κ2) is 15.4. The van der Waals surface area contributed by atoms with E-state index >= 15 is 0 Å². The topological polar surface area (TPSA) is 18.0 Å².